The van der Waals surface area contributed by atoms with Gasteiger partial charge in [0.25, 0.3) is 5.88 Å². The molecule has 0 radical (unpaired) electrons. The maximum atomic E-state index is 5.47. The van der Waals surface area contributed by atoms with Crippen LogP contribution in [0.3, 0.4) is 0 Å². The average molecular weight is 211 g/mol. The Morgan fingerprint density at radius 3 is 2.80 bits per heavy atom. The quantitative estimate of drug-likeness (QED) is 0.724. The molecule has 5 heteroatoms. The highest BCUT2D eigenvalue weighted by atomic mass is 16.5. The van der Waals surface area contributed by atoms with Crippen LogP contribution in [0.25, 0.3) is 0 Å². The van der Waals surface area contributed by atoms with Gasteiger partial charge in [-0.2, -0.15) is 4.98 Å². The van der Waals surface area contributed by atoms with Gasteiger partial charge in [-0.05, 0) is 13.3 Å². The zero-order valence-electron chi connectivity index (χ0n) is 9.19. The van der Waals surface area contributed by atoms with Crippen LogP contribution in [-0.2, 0) is 0 Å². The molecule has 5 nitrogen and oxygen atoms in total. The van der Waals surface area contributed by atoms with Gasteiger partial charge in [0.05, 0.1) is 19.4 Å². The molecule has 15 heavy (non-hydrogen) atoms. The smallest absolute Gasteiger partial charge is 0.261 e. The van der Waals surface area contributed by atoms with E-state index < -0.39 is 0 Å². The van der Waals surface area contributed by atoms with Crippen molar-refractivity contribution in [2.45, 2.75) is 26.7 Å². The summed E-state index contributed by atoms with van der Waals surface area (Å²) in [6.45, 7) is 5.16. The number of hydrogen-bond acceptors (Lipinski definition) is 5. The van der Waals surface area contributed by atoms with Crippen molar-refractivity contribution in [1.82, 2.24) is 9.97 Å². The van der Waals surface area contributed by atoms with Crippen molar-refractivity contribution in [3.8, 4) is 11.6 Å². The summed E-state index contributed by atoms with van der Waals surface area (Å²) in [5, 5.41) is 0. The highest BCUT2D eigenvalue weighted by molar-refractivity contribution is 5.35. The van der Waals surface area contributed by atoms with Gasteiger partial charge in [-0.15, -0.1) is 0 Å². The van der Waals surface area contributed by atoms with Crippen LogP contribution in [0.1, 0.15) is 26.7 Å². The Morgan fingerprint density at radius 2 is 2.13 bits per heavy atom. The molecule has 0 aromatic carbocycles. The Balaban J connectivity index is 2.68. The van der Waals surface area contributed by atoms with Crippen LogP contribution in [0.5, 0.6) is 11.6 Å². The number of ether oxygens (including phenoxy) is 2. The molecule has 0 aliphatic heterocycles. The third-order valence-corrected chi connectivity index (χ3v) is 1.78. The first-order valence-electron chi connectivity index (χ1n) is 5.16. The van der Waals surface area contributed by atoms with Crippen LogP contribution in [0.4, 0.5) is 5.95 Å². The molecule has 1 aromatic rings. The van der Waals surface area contributed by atoms with Crippen molar-refractivity contribution in [1.29, 1.82) is 0 Å². The van der Waals surface area contributed by atoms with E-state index in [4.69, 9.17) is 15.2 Å². The summed E-state index contributed by atoms with van der Waals surface area (Å²) in [5.41, 5.74) is 5.47. The first-order valence-corrected chi connectivity index (χ1v) is 5.16. The van der Waals surface area contributed by atoms with Crippen molar-refractivity contribution < 1.29 is 9.47 Å². The third-order valence-electron chi connectivity index (χ3n) is 1.78. The SMILES string of the molecule is CCCCOc1nc(N)ncc1OCC. The number of aromatic nitrogens is 2. The van der Waals surface area contributed by atoms with E-state index in [1.54, 1.807) is 0 Å². The summed E-state index contributed by atoms with van der Waals surface area (Å²) in [5.74, 6) is 1.17. The summed E-state index contributed by atoms with van der Waals surface area (Å²) in [7, 11) is 0. The van der Waals surface area contributed by atoms with Crippen molar-refractivity contribution >= 4 is 5.95 Å². The molecule has 0 saturated carbocycles. The molecule has 0 aliphatic carbocycles. The van der Waals surface area contributed by atoms with Crippen LogP contribution >= 0.6 is 0 Å². The van der Waals surface area contributed by atoms with Gasteiger partial charge >= 0.3 is 0 Å². The average Bonchev–Trinajstić information content (AvgIpc) is 2.22. The lowest BCUT2D eigenvalue weighted by Crippen LogP contribution is -2.05. The van der Waals surface area contributed by atoms with Crippen LogP contribution in [0, 0.1) is 0 Å². The molecule has 0 spiro atoms. The van der Waals surface area contributed by atoms with E-state index in [2.05, 4.69) is 16.9 Å². The van der Waals surface area contributed by atoms with Crippen LogP contribution in [0.15, 0.2) is 6.20 Å². The second-order valence-electron chi connectivity index (χ2n) is 3.03. The summed E-state index contributed by atoms with van der Waals surface area (Å²) in [4.78, 5) is 7.83. The molecule has 0 unspecified atom stereocenters. The van der Waals surface area contributed by atoms with E-state index in [1.807, 2.05) is 6.92 Å². The number of rotatable bonds is 6. The van der Waals surface area contributed by atoms with Gasteiger partial charge in [0, 0.05) is 0 Å². The van der Waals surface area contributed by atoms with Gasteiger partial charge in [-0.25, -0.2) is 4.98 Å². The van der Waals surface area contributed by atoms with E-state index in [-0.39, 0.29) is 5.95 Å². The van der Waals surface area contributed by atoms with Gasteiger partial charge in [0.2, 0.25) is 5.95 Å². The molecule has 0 atom stereocenters. The van der Waals surface area contributed by atoms with E-state index in [1.165, 1.54) is 6.20 Å². The molecular formula is C10H17N3O2. The van der Waals surface area contributed by atoms with Crippen LogP contribution in [-0.4, -0.2) is 23.2 Å². The van der Waals surface area contributed by atoms with Crippen molar-refractivity contribution in [3.63, 3.8) is 0 Å². The number of nitrogen functional groups attached to an aromatic ring is 1. The Bertz CT molecular complexity index is 305. The molecule has 0 fully saturated rings. The van der Waals surface area contributed by atoms with E-state index in [9.17, 15) is 0 Å². The maximum Gasteiger partial charge on any atom is 0.261 e. The van der Waals surface area contributed by atoms with Gasteiger partial charge in [-0.3, -0.25) is 0 Å². The summed E-state index contributed by atoms with van der Waals surface area (Å²) in [6.07, 6.45) is 3.59. The monoisotopic (exact) mass is 211 g/mol. The molecule has 0 bridgehead atoms. The highest BCUT2D eigenvalue weighted by Gasteiger charge is 2.07. The third kappa shape index (κ3) is 3.61. The Labute approximate surface area is 89.6 Å². The van der Waals surface area contributed by atoms with E-state index in [0.29, 0.717) is 24.8 Å². The number of nitrogens with two attached hydrogens (primary N) is 1. The summed E-state index contributed by atoms with van der Waals surface area (Å²) < 4.78 is 10.8. The highest BCUT2D eigenvalue weighted by Crippen LogP contribution is 2.24. The number of unbranched alkanes of at least 4 members (excludes halogenated alkanes) is 1. The molecule has 0 saturated heterocycles. The lowest BCUT2D eigenvalue weighted by molar-refractivity contribution is 0.262. The fourth-order valence-electron chi connectivity index (χ4n) is 1.04. The van der Waals surface area contributed by atoms with Crippen LogP contribution < -0.4 is 15.2 Å². The molecule has 0 aliphatic rings. The number of hydrogen-bond donors (Lipinski definition) is 1. The maximum absolute atomic E-state index is 5.47. The molecule has 84 valence electrons. The zero-order valence-corrected chi connectivity index (χ0v) is 9.19. The molecule has 1 rings (SSSR count). The molecule has 0 amide bonds. The molecule has 2 N–H and O–H groups in total. The van der Waals surface area contributed by atoms with Gasteiger partial charge in [0.1, 0.15) is 0 Å². The van der Waals surface area contributed by atoms with Crippen molar-refractivity contribution in [2.75, 3.05) is 18.9 Å². The number of anilines is 1. The van der Waals surface area contributed by atoms with E-state index in [0.717, 1.165) is 12.8 Å². The Morgan fingerprint density at radius 1 is 1.33 bits per heavy atom. The molecule has 1 aromatic heterocycles. The molecular weight excluding hydrogens is 194 g/mol. The lowest BCUT2D eigenvalue weighted by atomic mass is 10.4. The normalized spacial score (nSPS) is 10.0. The minimum absolute atomic E-state index is 0.199. The molecule has 1 heterocycles. The number of nitrogens with zero attached hydrogens (tertiary/aromatic N) is 2. The minimum atomic E-state index is 0.199. The summed E-state index contributed by atoms with van der Waals surface area (Å²) in [6, 6.07) is 0. The predicted molar refractivity (Wildman–Crippen MR) is 58.0 cm³/mol. The van der Waals surface area contributed by atoms with Gasteiger partial charge in [0.15, 0.2) is 5.75 Å². The lowest BCUT2D eigenvalue weighted by Gasteiger charge is -2.09. The second-order valence-corrected chi connectivity index (χ2v) is 3.03. The van der Waals surface area contributed by atoms with E-state index >= 15 is 0 Å². The van der Waals surface area contributed by atoms with Gasteiger partial charge < -0.3 is 15.2 Å². The fourth-order valence-corrected chi connectivity index (χ4v) is 1.04. The standard InChI is InChI=1S/C10H17N3O2/c1-3-5-6-15-9-8(14-4-2)7-12-10(11)13-9/h7H,3-6H2,1-2H3,(H2,11,12,13). The van der Waals surface area contributed by atoms with Crippen molar-refractivity contribution in [2.24, 2.45) is 0 Å². The minimum Gasteiger partial charge on any atom is -0.487 e. The fraction of sp³-hybridized carbons (Fsp3) is 0.600. The first kappa shape index (κ1) is 11.6. The summed E-state index contributed by atoms with van der Waals surface area (Å²) >= 11 is 0. The zero-order chi connectivity index (χ0) is 11.1. The largest absolute Gasteiger partial charge is 0.487 e. The topological polar surface area (TPSA) is 70.3 Å². The first-order chi connectivity index (χ1) is 7.27. The Hall–Kier alpha value is -1.52. The van der Waals surface area contributed by atoms with Gasteiger partial charge in [-0.1, -0.05) is 13.3 Å². The van der Waals surface area contributed by atoms with Crippen molar-refractivity contribution in [3.05, 3.63) is 6.20 Å². The van der Waals surface area contributed by atoms with Crippen LogP contribution in [0.2, 0.25) is 0 Å². The predicted octanol–water partition coefficient (Wildman–Crippen LogP) is 1.64. The Kier molecular flexibility index (Phi) is 4.66. The second kappa shape index (κ2) is 6.06.